The van der Waals surface area contributed by atoms with E-state index < -0.39 is 24.4 Å². The number of imide groups is 1. The minimum atomic E-state index is -0.719. The summed E-state index contributed by atoms with van der Waals surface area (Å²) in [6.45, 7) is -0.107. The van der Waals surface area contributed by atoms with Gasteiger partial charge in [0.05, 0.1) is 22.3 Å². The number of carbonyl (C=O) groups is 3. The minimum absolute atomic E-state index is 0.0730. The van der Waals surface area contributed by atoms with Crippen molar-refractivity contribution in [1.82, 2.24) is 14.9 Å². The van der Waals surface area contributed by atoms with E-state index in [2.05, 4.69) is 10.3 Å². The predicted molar refractivity (Wildman–Crippen MR) is 132 cm³/mol. The summed E-state index contributed by atoms with van der Waals surface area (Å²) in [4.78, 5) is 54.0. The zero-order valence-electron chi connectivity index (χ0n) is 18.8. The molecule has 4 aromatic rings. The first kappa shape index (κ1) is 24.0. The number of carbonyl (C=O) groups excluding carboxylic acids is 3. The van der Waals surface area contributed by atoms with Gasteiger partial charge in [0.25, 0.3) is 17.4 Å². The number of hydrogen-bond donors (Lipinski definition) is 1. The van der Waals surface area contributed by atoms with Gasteiger partial charge >= 0.3 is 5.97 Å². The van der Waals surface area contributed by atoms with Crippen molar-refractivity contribution in [3.8, 4) is 0 Å². The Hall–Kier alpha value is -4.11. The van der Waals surface area contributed by atoms with E-state index in [-0.39, 0.29) is 24.1 Å². The number of rotatable bonds is 9. The van der Waals surface area contributed by atoms with Gasteiger partial charge in [0.2, 0.25) is 0 Å². The molecule has 0 aliphatic rings. The second kappa shape index (κ2) is 11.3. The van der Waals surface area contributed by atoms with Crippen molar-refractivity contribution < 1.29 is 19.1 Å². The summed E-state index contributed by atoms with van der Waals surface area (Å²) in [5, 5.41) is 3.88. The number of esters is 1. The highest BCUT2D eigenvalue weighted by molar-refractivity contribution is 7.12. The summed E-state index contributed by atoms with van der Waals surface area (Å²) >= 11 is 1.20. The molecule has 4 rings (SSSR count). The van der Waals surface area contributed by atoms with Crippen molar-refractivity contribution in [2.75, 3.05) is 6.61 Å². The van der Waals surface area contributed by atoms with Crippen molar-refractivity contribution >= 4 is 40.2 Å². The van der Waals surface area contributed by atoms with Gasteiger partial charge in [0.1, 0.15) is 5.69 Å². The number of benzene rings is 2. The number of fused-ring (bicyclic) bond motifs is 1. The van der Waals surface area contributed by atoms with Crippen molar-refractivity contribution in [1.29, 1.82) is 0 Å². The fourth-order valence-electron chi connectivity index (χ4n) is 3.59. The molecule has 2 aromatic heterocycles. The molecule has 9 heteroatoms. The Bertz CT molecular complexity index is 1400. The van der Waals surface area contributed by atoms with E-state index in [4.69, 9.17) is 4.74 Å². The first-order chi connectivity index (χ1) is 17.0. The van der Waals surface area contributed by atoms with Crippen LogP contribution in [0.1, 0.15) is 27.3 Å². The monoisotopic (exact) mass is 489 g/mol. The number of ether oxygens (including phenoxy) is 1. The van der Waals surface area contributed by atoms with Gasteiger partial charge in [0, 0.05) is 13.0 Å². The number of thiophene rings is 1. The van der Waals surface area contributed by atoms with Gasteiger partial charge in [-0.3, -0.25) is 24.5 Å². The Labute approximate surface area is 205 Å². The third-order valence-corrected chi connectivity index (χ3v) is 6.18. The van der Waals surface area contributed by atoms with Crippen LogP contribution in [-0.2, 0) is 33.7 Å². The molecule has 178 valence electrons. The first-order valence-corrected chi connectivity index (χ1v) is 11.9. The van der Waals surface area contributed by atoms with Gasteiger partial charge in [-0.25, -0.2) is 4.98 Å². The third kappa shape index (κ3) is 6.27. The second-order valence-corrected chi connectivity index (χ2v) is 8.70. The molecule has 0 radical (unpaired) electrons. The summed E-state index contributed by atoms with van der Waals surface area (Å²) < 4.78 is 6.65. The highest BCUT2D eigenvalue weighted by atomic mass is 32.1. The molecule has 2 aromatic carbocycles. The van der Waals surface area contributed by atoms with Crippen LogP contribution in [0.5, 0.6) is 0 Å². The molecule has 2 heterocycles. The molecule has 35 heavy (non-hydrogen) atoms. The summed E-state index contributed by atoms with van der Waals surface area (Å²) in [6, 6.07) is 20.5. The first-order valence-electron chi connectivity index (χ1n) is 11.1. The molecule has 0 saturated carbocycles. The lowest BCUT2D eigenvalue weighted by Crippen LogP contribution is -2.33. The molecular formula is C26H23N3O5S. The van der Waals surface area contributed by atoms with Gasteiger partial charge < -0.3 is 9.30 Å². The van der Waals surface area contributed by atoms with Gasteiger partial charge in [-0.15, -0.1) is 11.3 Å². The lowest BCUT2D eigenvalue weighted by molar-refractivity contribution is -0.148. The second-order valence-electron chi connectivity index (χ2n) is 7.75. The Kier molecular flexibility index (Phi) is 7.79. The number of hydrogen-bond acceptors (Lipinski definition) is 7. The van der Waals surface area contributed by atoms with E-state index in [1.165, 1.54) is 11.3 Å². The van der Waals surface area contributed by atoms with Crippen molar-refractivity contribution in [3.63, 3.8) is 0 Å². The normalized spacial score (nSPS) is 10.7. The van der Waals surface area contributed by atoms with E-state index in [0.29, 0.717) is 23.4 Å². The van der Waals surface area contributed by atoms with Crippen LogP contribution < -0.4 is 10.9 Å². The van der Waals surface area contributed by atoms with E-state index >= 15 is 0 Å². The zero-order chi connectivity index (χ0) is 24.6. The highest BCUT2D eigenvalue weighted by Crippen LogP contribution is 2.12. The van der Waals surface area contributed by atoms with Gasteiger partial charge in [-0.1, -0.05) is 48.5 Å². The highest BCUT2D eigenvalue weighted by Gasteiger charge is 2.16. The Morgan fingerprint density at radius 3 is 2.49 bits per heavy atom. The maximum atomic E-state index is 13.2. The maximum absolute atomic E-state index is 13.2. The summed E-state index contributed by atoms with van der Waals surface area (Å²) in [5.74, 6) is -1.92. The Balaban J connectivity index is 1.38. The van der Waals surface area contributed by atoms with Crippen LogP contribution in [0.15, 0.2) is 76.9 Å². The van der Waals surface area contributed by atoms with Crippen molar-refractivity contribution in [2.45, 2.75) is 25.8 Å². The number of amides is 2. The van der Waals surface area contributed by atoms with Gasteiger partial charge in [-0.2, -0.15) is 0 Å². The van der Waals surface area contributed by atoms with E-state index in [0.717, 1.165) is 11.1 Å². The van der Waals surface area contributed by atoms with Crippen LogP contribution in [0.4, 0.5) is 0 Å². The molecular weight excluding hydrogens is 466 g/mol. The molecule has 2 amide bonds. The van der Waals surface area contributed by atoms with Crippen molar-refractivity contribution in [2.24, 2.45) is 0 Å². The summed E-state index contributed by atoms with van der Waals surface area (Å²) in [6.07, 6.45) is 0.630. The number of aromatic nitrogens is 2. The van der Waals surface area contributed by atoms with E-state index in [1.54, 1.807) is 22.1 Å². The van der Waals surface area contributed by atoms with Gasteiger partial charge in [0.15, 0.2) is 6.61 Å². The molecule has 1 N–H and O–H groups in total. The molecule has 0 fully saturated rings. The molecule has 0 spiro atoms. The number of para-hydroxylation sites is 2. The van der Waals surface area contributed by atoms with E-state index in [1.807, 2.05) is 54.6 Å². The fourth-order valence-corrected chi connectivity index (χ4v) is 4.21. The predicted octanol–water partition coefficient (Wildman–Crippen LogP) is 3.13. The van der Waals surface area contributed by atoms with E-state index in [9.17, 15) is 19.2 Å². The lowest BCUT2D eigenvalue weighted by Gasteiger charge is -2.12. The average molecular weight is 490 g/mol. The molecule has 0 unspecified atom stereocenters. The Morgan fingerprint density at radius 1 is 0.943 bits per heavy atom. The molecule has 0 bridgehead atoms. The van der Waals surface area contributed by atoms with Crippen LogP contribution in [0.2, 0.25) is 0 Å². The van der Waals surface area contributed by atoms with Crippen LogP contribution in [-0.4, -0.2) is 33.9 Å². The molecule has 0 atom stereocenters. The smallest absolute Gasteiger partial charge is 0.306 e. The largest absolute Gasteiger partial charge is 0.456 e. The summed E-state index contributed by atoms with van der Waals surface area (Å²) in [5.41, 5.74) is 2.50. The molecule has 0 aliphatic heterocycles. The zero-order valence-corrected chi connectivity index (χ0v) is 19.6. The topological polar surface area (TPSA) is 107 Å². The lowest BCUT2D eigenvalue weighted by atomic mass is 10.1. The number of aryl methyl sites for hydroxylation is 3. The fraction of sp³-hybridized carbons (Fsp3) is 0.192. The molecule has 8 nitrogen and oxygen atoms in total. The molecule has 0 saturated heterocycles. The van der Waals surface area contributed by atoms with Crippen LogP contribution >= 0.6 is 11.3 Å². The van der Waals surface area contributed by atoms with Crippen LogP contribution in [0.25, 0.3) is 11.0 Å². The van der Waals surface area contributed by atoms with Gasteiger partial charge in [-0.05, 0) is 35.6 Å². The maximum Gasteiger partial charge on any atom is 0.306 e. The van der Waals surface area contributed by atoms with Crippen LogP contribution in [0.3, 0.4) is 0 Å². The minimum Gasteiger partial charge on any atom is -0.456 e. The Morgan fingerprint density at radius 2 is 1.71 bits per heavy atom. The average Bonchev–Trinajstić information content (AvgIpc) is 3.42. The third-order valence-electron chi connectivity index (χ3n) is 5.31. The SMILES string of the molecule is O=C(COC(=O)CCc1nc2ccccc2n(CCc2ccccc2)c1=O)NC(=O)c1cccs1. The van der Waals surface area contributed by atoms with Crippen LogP contribution in [0, 0.1) is 0 Å². The standard InChI is InChI=1S/C26H23N3O5S/c30-23(28-25(32)22-11-6-16-35-22)17-34-24(31)13-12-20-26(33)29(15-14-18-7-2-1-3-8-18)21-10-5-4-9-19(21)27-20/h1-11,16H,12-15,17H2,(H,28,30,32). The molecule has 0 aliphatic carbocycles. The number of nitrogens with one attached hydrogen (secondary N) is 1. The number of nitrogens with zero attached hydrogens (tertiary/aromatic N) is 2. The van der Waals surface area contributed by atoms with Crippen molar-refractivity contribution in [3.05, 3.63) is 98.6 Å². The summed E-state index contributed by atoms with van der Waals surface area (Å²) in [7, 11) is 0. The quantitative estimate of drug-likeness (QED) is 0.362.